The molecule has 0 fully saturated rings. The first-order valence-electron chi connectivity index (χ1n) is 6.36. The van der Waals surface area contributed by atoms with E-state index in [9.17, 15) is 0 Å². The van der Waals surface area contributed by atoms with Gasteiger partial charge in [-0.2, -0.15) is 4.98 Å². The summed E-state index contributed by atoms with van der Waals surface area (Å²) in [5, 5.41) is 4.98. The number of benzene rings is 1. The molecule has 0 saturated heterocycles. The lowest BCUT2D eigenvalue weighted by Gasteiger charge is -2.00. The molecular formula is C15H9N5O. The Morgan fingerprint density at radius 1 is 0.905 bits per heavy atom. The number of fused-ring (bicyclic) bond motifs is 1. The Kier molecular flexibility index (Phi) is 2.64. The highest BCUT2D eigenvalue weighted by Gasteiger charge is 2.14. The first kappa shape index (κ1) is 11.7. The molecule has 0 spiro atoms. The maximum absolute atomic E-state index is 5.34. The topological polar surface area (TPSA) is 77.6 Å². The van der Waals surface area contributed by atoms with Crippen molar-refractivity contribution in [1.29, 1.82) is 0 Å². The van der Waals surface area contributed by atoms with Crippen LogP contribution in [0.25, 0.3) is 33.9 Å². The second-order valence-corrected chi connectivity index (χ2v) is 4.39. The molecule has 4 aromatic rings. The third-order valence-corrected chi connectivity index (χ3v) is 3.08. The van der Waals surface area contributed by atoms with Gasteiger partial charge in [0.2, 0.25) is 5.82 Å². The Morgan fingerprint density at radius 3 is 2.76 bits per heavy atom. The highest BCUT2D eigenvalue weighted by molar-refractivity contribution is 5.91. The van der Waals surface area contributed by atoms with Crippen molar-refractivity contribution >= 4 is 10.9 Å². The van der Waals surface area contributed by atoms with Gasteiger partial charge in [-0.05, 0) is 12.1 Å². The average Bonchev–Trinajstić information content (AvgIpc) is 3.05. The summed E-state index contributed by atoms with van der Waals surface area (Å²) in [7, 11) is 0. The quantitative estimate of drug-likeness (QED) is 0.559. The van der Waals surface area contributed by atoms with E-state index in [2.05, 4.69) is 25.1 Å². The number of para-hydroxylation sites is 1. The third kappa shape index (κ3) is 2.02. The van der Waals surface area contributed by atoms with Crippen molar-refractivity contribution in [2.45, 2.75) is 0 Å². The molecule has 3 heterocycles. The molecule has 0 aliphatic heterocycles. The predicted octanol–water partition coefficient (Wildman–Crippen LogP) is 2.74. The fourth-order valence-corrected chi connectivity index (χ4v) is 2.13. The fourth-order valence-electron chi connectivity index (χ4n) is 2.13. The summed E-state index contributed by atoms with van der Waals surface area (Å²) in [5.74, 6) is 0.825. The van der Waals surface area contributed by atoms with Gasteiger partial charge in [0.1, 0.15) is 5.69 Å². The summed E-state index contributed by atoms with van der Waals surface area (Å²) in [6.07, 6.45) is 6.52. The second-order valence-electron chi connectivity index (χ2n) is 4.39. The molecule has 0 amide bonds. The van der Waals surface area contributed by atoms with Gasteiger partial charge in [-0.1, -0.05) is 23.4 Å². The van der Waals surface area contributed by atoms with Crippen LogP contribution in [0.15, 0.2) is 59.6 Å². The molecule has 0 saturated carbocycles. The summed E-state index contributed by atoms with van der Waals surface area (Å²) in [6, 6.07) is 9.72. The van der Waals surface area contributed by atoms with Crippen LogP contribution in [-0.4, -0.2) is 25.1 Å². The van der Waals surface area contributed by atoms with Gasteiger partial charge in [0.15, 0.2) is 0 Å². The lowest BCUT2D eigenvalue weighted by Crippen LogP contribution is -1.87. The molecule has 100 valence electrons. The molecular weight excluding hydrogens is 266 g/mol. The van der Waals surface area contributed by atoms with Gasteiger partial charge in [-0.3, -0.25) is 9.97 Å². The number of aromatic nitrogens is 5. The van der Waals surface area contributed by atoms with E-state index < -0.39 is 0 Å². The van der Waals surface area contributed by atoms with Gasteiger partial charge < -0.3 is 4.52 Å². The maximum atomic E-state index is 5.34. The Morgan fingerprint density at radius 2 is 1.86 bits per heavy atom. The minimum atomic E-state index is 0.408. The summed E-state index contributed by atoms with van der Waals surface area (Å²) >= 11 is 0. The van der Waals surface area contributed by atoms with Crippen LogP contribution in [0, 0.1) is 0 Å². The molecule has 4 rings (SSSR count). The van der Waals surface area contributed by atoms with Crippen LogP contribution in [0.2, 0.25) is 0 Å². The highest BCUT2D eigenvalue weighted by atomic mass is 16.5. The highest BCUT2D eigenvalue weighted by Crippen LogP contribution is 2.26. The SMILES string of the molecule is c1cnc2c(-c3nc(-c4cnccn4)no3)cccc2c1. The van der Waals surface area contributed by atoms with Crippen molar-refractivity contribution in [1.82, 2.24) is 25.1 Å². The van der Waals surface area contributed by atoms with Gasteiger partial charge in [-0.25, -0.2) is 4.98 Å². The standard InChI is InChI=1S/C15H9N5O/c1-3-10-4-2-6-18-13(10)11(5-1)15-19-14(20-21-15)12-9-16-7-8-17-12/h1-9H. The Bertz CT molecular complexity index is 899. The van der Waals surface area contributed by atoms with Crippen LogP contribution in [0.5, 0.6) is 0 Å². The van der Waals surface area contributed by atoms with E-state index in [1.54, 1.807) is 24.8 Å². The molecule has 3 aromatic heterocycles. The summed E-state index contributed by atoms with van der Waals surface area (Å²) in [4.78, 5) is 16.9. The molecule has 0 atom stereocenters. The zero-order valence-corrected chi connectivity index (χ0v) is 10.8. The van der Waals surface area contributed by atoms with Crippen molar-refractivity contribution in [2.24, 2.45) is 0 Å². The van der Waals surface area contributed by atoms with E-state index in [-0.39, 0.29) is 0 Å². The fraction of sp³-hybridized carbons (Fsp3) is 0. The second kappa shape index (κ2) is 4.75. The predicted molar refractivity (Wildman–Crippen MR) is 76.1 cm³/mol. The van der Waals surface area contributed by atoms with E-state index in [1.807, 2.05) is 30.3 Å². The van der Waals surface area contributed by atoms with Crippen molar-refractivity contribution < 1.29 is 4.52 Å². The number of hydrogen-bond acceptors (Lipinski definition) is 6. The van der Waals surface area contributed by atoms with Crippen LogP contribution in [0.1, 0.15) is 0 Å². The van der Waals surface area contributed by atoms with Gasteiger partial charge >= 0.3 is 0 Å². The normalized spacial score (nSPS) is 10.9. The van der Waals surface area contributed by atoms with E-state index in [0.29, 0.717) is 17.4 Å². The van der Waals surface area contributed by atoms with Crippen LogP contribution < -0.4 is 0 Å². The van der Waals surface area contributed by atoms with Crippen LogP contribution in [-0.2, 0) is 0 Å². The number of rotatable bonds is 2. The third-order valence-electron chi connectivity index (χ3n) is 3.08. The zero-order valence-electron chi connectivity index (χ0n) is 10.8. The zero-order chi connectivity index (χ0) is 14.1. The first-order chi connectivity index (χ1) is 10.4. The summed E-state index contributed by atoms with van der Waals surface area (Å²) < 4.78 is 5.34. The summed E-state index contributed by atoms with van der Waals surface area (Å²) in [5.41, 5.74) is 2.20. The maximum Gasteiger partial charge on any atom is 0.260 e. The molecule has 0 radical (unpaired) electrons. The average molecular weight is 275 g/mol. The van der Waals surface area contributed by atoms with E-state index in [4.69, 9.17) is 4.52 Å². The van der Waals surface area contributed by atoms with Gasteiger partial charge in [0, 0.05) is 24.0 Å². The molecule has 0 aliphatic carbocycles. The van der Waals surface area contributed by atoms with Crippen LogP contribution >= 0.6 is 0 Å². The molecule has 6 nitrogen and oxygen atoms in total. The number of pyridine rings is 1. The van der Waals surface area contributed by atoms with Crippen molar-refractivity contribution in [3.8, 4) is 23.0 Å². The minimum Gasteiger partial charge on any atom is -0.333 e. The van der Waals surface area contributed by atoms with E-state index in [0.717, 1.165) is 16.5 Å². The largest absolute Gasteiger partial charge is 0.333 e. The Balaban J connectivity index is 1.85. The van der Waals surface area contributed by atoms with Crippen molar-refractivity contribution in [3.63, 3.8) is 0 Å². The van der Waals surface area contributed by atoms with Crippen molar-refractivity contribution in [3.05, 3.63) is 55.1 Å². The van der Waals surface area contributed by atoms with E-state index in [1.165, 1.54) is 0 Å². The summed E-state index contributed by atoms with van der Waals surface area (Å²) in [6.45, 7) is 0. The van der Waals surface area contributed by atoms with Crippen molar-refractivity contribution in [2.75, 3.05) is 0 Å². The molecule has 0 bridgehead atoms. The molecule has 1 aromatic carbocycles. The minimum absolute atomic E-state index is 0.408. The Labute approximate surface area is 119 Å². The molecule has 0 N–H and O–H groups in total. The van der Waals surface area contributed by atoms with Gasteiger partial charge in [-0.15, -0.1) is 0 Å². The lowest BCUT2D eigenvalue weighted by atomic mass is 10.1. The van der Waals surface area contributed by atoms with Gasteiger partial charge in [0.05, 0.1) is 17.3 Å². The van der Waals surface area contributed by atoms with Gasteiger partial charge in [0.25, 0.3) is 5.89 Å². The monoisotopic (exact) mass is 275 g/mol. The molecule has 21 heavy (non-hydrogen) atoms. The Hall–Kier alpha value is -3.15. The first-order valence-corrected chi connectivity index (χ1v) is 6.36. The number of nitrogens with zero attached hydrogens (tertiary/aromatic N) is 5. The molecule has 0 unspecified atom stereocenters. The van der Waals surface area contributed by atoms with Crippen LogP contribution in [0.3, 0.4) is 0 Å². The molecule has 0 aliphatic rings. The van der Waals surface area contributed by atoms with E-state index >= 15 is 0 Å². The lowest BCUT2D eigenvalue weighted by molar-refractivity contribution is 0.432. The molecule has 6 heteroatoms. The smallest absolute Gasteiger partial charge is 0.260 e. The van der Waals surface area contributed by atoms with Crippen LogP contribution in [0.4, 0.5) is 0 Å². The number of hydrogen-bond donors (Lipinski definition) is 0.